The van der Waals surface area contributed by atoms with Crippen molar-refractivity contribution in [3.63, 3.8) is 0 Å². The fraction of sp³-hybridized carbons (Fsp3) is 0.0455. The third-order valence-corrected chi connectivity index (χ3v) is 4.05. The Kier molecular flexibility index (Phi) is 5.89. The molecule has 0 spiro atoms. The van der Waals surface area contributed by atoms with Crippen LogP contribution in [0.15, 0.2) is 72.8 Å². The number of nitro benzene ring substituents is 1. The lowest BCUT2D eigenvalue weighted by molar-refractivity contribution is -0.385. The number of nitrogens with zero attached hydrogens (tertiary/aromatic N) is 1. The zero-order valence-corrected chi connectivity index (χ0v) is 15.4. The van der Waals surface area contributed by atoms with Gasteiger partial charge in [0.15, 0.2) is 5.78 Å². The van der Waals surface area contributed by atoms with E-state index in [1.165, 1.54) is 48.6 Å². The molecule has 146 valence electrons. The number of benzene rings is 3. The minimum absolute atomic E-state index is 0.0635. The van der Waals surface area contributed by atoms with Crippen molar-refractivity contribution >= 4 is 17.5 Å². The first-order valence-corrected chi connectivity index (χ1v) is 8.58. The minimum Gasteiger partial charge on any atom is -0.508 e. The van der Waals surface area contributed by atoms with E-state index in [2.05, 4.69) is 0 Å². The van der Waals surface area contributed by atoms with Gasteiger partial charge in [-0.25, -0.2) is 0 Å². The molecule has 29 heavy (non-hydrogen) atoms. The highest BCUT2D eigenvalue weighted by molar-refractivity contribution is 6.06. The van der Waals surface area contributed by atoms with Gasteiger partial charge in [-0.2, -0.15) is 0 Å². The van der Waals surface area contributed by atoms with Crippen LogP contribution in [-0.4, -0.2) is 22.9 Å². The number of nitro groups is 1. The van der Waals surface area contributed by atoms with Gasteiger partial charge in [0, 0.05) is 11.6 Å². The summed E-state index contributed by atoms with van der Waals surface area (Å²) in [5.41, 5.74) is 0.652. The van der Waals surface area contributed by atoms with E-state index in [4.69, 9.17) is 9.47 Å². The van der Waals surface area contributed by atoms with Gasteiger partial charge in [-0.05, 0) is 66.2 Å². The van der Waals surface area contributed by atoms with E-state index in [0.29, 0.717) is 22.6 Å². The van der Waals surface area contributed by atoms with E-state index in [-0.39, 0.29) is 23.0 Å². The van der Waals surface area contributed by atoms with Gasteiger partial charge in [0.05, 0.1) is 12.0 Å². The second-order valence-corrected chi connectivity index (χ2v) is 6.01. The third kappa shape index (κ3) is 4.98. The van der Waals surface area contributed by atoms with Gasteiger partial charge in [0.1, 0.15) is 17.2 Å². The predicted octanol–water partition coefficient (Wildman–Crippen LogP) is 5.00. The Labute approximate surface area is 166 Å². The molecule has 1 N–H and O–H groups in total. The van der Waals surface area contributed by atoms with Crippen molar-refractivity contribution in [3.05, 3.63) is 94.0 Å². The van der Waals surface area contributed by atoms with Crippen molar-refractivity contribution < 1.29 is 24.3 Å². The molecule has 0 amide bonds. The Balaban J connectivity index is 1.80. The predicted molar refractivity (Wildman–Crippen MR) is 108 cm³/mol. The van der Waals surface area contributed by atoms with Crippen LogP contribution in [0.1, 0.15) is 15.9 Å². The summed E-state index contributed by atoms with van der Waals surface area (Å²) in [4.78, 5) is 23.1. The molecule has 7 nitrogen and oxygen atoms in total. The Morgan fingerprint density at radius 3 is 2.28 bits per heavy atom. The highest BCUT2D eigenvalue weighted by atomic mass is 16.6. The highest BCUT2D eigenvalue weighted by Crippen LogP contribution is 2.33. The summed E-state index contributed by atoms with van der Waals surface area (Å²) in [6.07, 6.45) is 2.80. The van der Waals surface area contributed by atoms with Crippen LogP contribution in [0.5, 0.6) is 23.0 Å². The molecule has 0 aliphatic carbocycles. The van der Waals surface area contributed by atoms with Gasteiger partial charge in [0.25, 0.3) is 0 Å². The van der Waals surface area contributed by atoms with E-state index >= 15 is 0 Å². The Hall–Kier alpha value is -4.13. The molecular weight excluding hydrogens is 374 g/mol. The van der Waals surface area contributed by atoms with E-state index in [1.807, 2.05) is 0 Å². The zero-order chi connectivity index (χ0) is 20.8. The maximum absolute atomic E-state index is 12.2. The Bertz CT molecular complexity index is 1060. The molecule has 3 rings (SSSR count). The average Bonchev–Trinajstić information content (AvgIpc) is 2.73. The van der Waals surface area contributed by atoms with Gasteiger partial charge >= 0.3 is 5.69 Å². The minimum atomic E-state index is -0.544. The Morgan fingerprint density at radius 1 is 1.00 bits per heavy atom. The summed E-state index contributed by atoms with van der Waals surface area (Å²) in [5.74, 6) is 0.937. The van der Waals surface area contributed by atoms with Gasteiger partial charge in [-0.15, -0.1) is 0 Å². The van der Waals surface area contributed by atoms with Crippen LogP contribution >= 0.6 is 0 Å². The summed E-state index contributed by atoms with van der Waals surface area (Å²) in [6.45, 7) is 0. The van der Waals surface area contributed by atoms with Gasteiger partial charge in [0.2, 0.25) is 5.75 Å². The molecule has 0 atom stereocenters. The smallest absolute Gasteiger partial charge is 0.312 e. The monoisotopic (exact) mass is 391 g/mol. The molecule has 0 bridgehead atoms. The lowest BCUT2D eigenvalue weighted by atomic mass is 10.1. The molecule has 0 aliphatic heterocycles. The first-order valence-electron chi connectivity index (χ1n) is 8.58. The number of hydrogen-bond donors (Lipinski definition) is 1. The standard InChI is InChI=1S/C22H17NO6/c1-28-18-8-10-19(11-9-18)29-22-13-3-15(14-20(22)23(26)27)2-12-21(25)16-4-6-17(24)7-5-16/h2-14,24H,1H3. The van der Waals surface area contributed by atoms with Crippen LogP contribution in [0.2, 0.25) is 0 Å². The normalized spacial score (nSPS) is 10.7. The van der Waals surface area contributed by atoms with E-state index in [1.54, 1.807) is 37.4 Å². The SMILES string of the molecule is COc1ccc(Oc2ccc(C=CC(=O)c3ccc(O)cc3)cc2[N+](=O)[O-])cc1. The van der Waals surface area contributed by atoms with Crippen molar-refractivity contribution in [3.8, 4) is 23.0 Å². The van der Waals surface area contributed by atoms with E-state index < -0.39 is 4.92 Å². The van der Waals surface area contributed by atoms with Gasteiger partial charge in [-0.3, -0.25) is 14.9 Å². The Morgan fingerprint density at radius 2 is 1.66 bits per heavy atom. The molecule has 3 aromatic carbocycles. The summed E-state index contributed by atoms with van der Waals surface area (Å²) >= 11 is 0. The number of phenols is 1. The molecule has 0 heterocycles. The number of ketones is 1. The number of carbonyl (C=O) groups is 1. The first-order chi connectivity index (χ1) is 14.0. The third-order valence-electron chi connectivity index (χ3n) is 4.05. The molecule has 0 aromatic heterocycles. The average molecular weight is 391 g/mol. The number of phenolic OH excluding ortho intramolecular Hbond substituents is 1. The van der Waals surface area contributed by atoms with Crippen LogP contribution in [0.4, 0.5) is 5.69 Å². The van der Waals surface area contributed by atoms with Crippen LogP contribution in [-0.2, 0) is 0 Å². The number of carbonyl (C=O) groups excluding carboxylic acids is 1. The fourth-order valence-corrected chi connectivity index (χ4v) is 2.53. The van der Waals surface area contributed by atoms with Crippen molar-refractivity contribution in [1.29, 1.82) is 0 Å². The number of hydrogen-bond acceptors (Lipinski definition) is 6. The zero-order valence-electron chi connectivity index (χ0n) is 15.4. The molecule has 0 saturated heterocycles. The number of methoxy groups -OCH3 is 1. The van der Waals surface area contributed by atoms with Crippen LogP contribution in [0, 0.1) is 10.1 Å². The maximum Gasteiger partial charge on any atom is 0.312 e. The van der Waals surface area contributed by atoms with E-state index in [0.717, 1.165) is 0 Å². The molecule has 7 heteroatoms. The summed E-state index contributed by atoms with van der Waals surface area (Å²) < 4.78 is 10.7. The topological polar surface area (TPSA) is 98.9 Å². The number of ether oxygens (including phenoxy) is 2. The molecule has 0 aliphatic rings. The van der Waals surface area contributed by atoms with Crippen molar-refractivity contribution in [2.24, 2.45) is 0 Å². The van der Waals surface area contributed by atoms with Gasteiger partial charge in [-0.1, -0.05) is 12.1 Å². The number of rotatable bonds is 7. The van der Waals surface area contributed by atoms with Crippen molar-refractivity contribution in [2.75, 3.05) is 7.11 Å². The molecule has 0 saturated carbocycles. The van der Waals surface area contributed by atoms with Crippen LogP contribution in [0.3, 0.4) is 0 Å². The molecule has 0 radical (unpaired) electrons. The fourth-order valence-electron chi connectivity index (χ4n) is 2.53. The van der Waals surface area contributed by atoms with Crippen molar-refractivity contribution in [2.45, 2.75) is 0 Å². The largest absolute Gasteiger partial charge is 0.508 e. The lowest BCUT2D eigenvalue weighted by Gasteiger charge is -2.08. The second kappa shape index (κ2) is 8.71. The second-order valence-electron chi connectivity index (χ2n) is 6.01. The van der Waals surface area contributed by atoms with Crippen molar-refractivity contribution in [1.82, 2.24) is 0 Å². The molecular formula is C22H17NO6. The number of allylic oxidation sites excluding steroid dienone is 1. The first kappa shape index (κ1) is 19.6. The lowest BCUT2D eigenvalue weighted by Crippen LogP contribution is -1.95. The van der Waals surface area contributed by atoms with Gasteiger partial charge < -0.3 is 14.6 Å². The molecule has 0 fully saturated rings. The van der Waals surface area contributed by atoms with Crippen LogP contribution < -0.4 is 9.47 Å². The molecule has 3 aromatic rings. The summed E-state index contributed by atoms with van der Waals surface area (Å²) in [6, 6.07) is 16.9. The maximum atomic E-state index is 12.2. The number of aromatic hydroxyl groups is 1. The van der Waals surface area contributed by atoms with Crippen LogP contribution in [0.25, 0.3) is 6.08 Å². The summed E-state index contributed by atoms with van der Waals surface area (Å²) in [7, 11) is 1.54. The quantitative estimate of drug-likeness (QED) is 0.263. The van der Waals surface area contributed by atoms with E-state index in [9.17, 15) is 20.0 Å². The summed E-state index contributed by atoms with van der Waals surface area (Å²) in [5, 5.41) is 20.7. The molecule has 0 unspecified atom stereocenters. The highest BCUT2D eigenvalue weighted by Gasteiger charge is 2.16.